The van der Waals surface area contributed by atoms with E-state index in [1.165, 1.54) is 25.8 Å². The average Bonchev–Trinajstić information content (AvgIpc) is 3.23. The molecule has 1 saturated carbocycles. The van der Waals surface area contributed by atoms with Crippen LogP contribution >= 0.6 is 0 Å². The van der Waals surface area contributed by atoms with Crippen LogP contribution in [0.2, 0.25) is 0 Å². The molecule has 1 unspecified atom stereocenters. The molecule has 21 heavy (non-hydrogen) atoms. The molecule has 0 aromatic carbocycles. The summed E-state index contributed by atoms with van der Waals surface area (Å²) in [4.78, 5) is 15.4. The first-order chi connectivity index (χ1) is 10.2. The van der Waals surface area contributed by atoms with Crippen molar-refractivity contribution >= 4 is 5.96 Å². The molecule has 6 heteroatoms. The first-order valence-electron chi connectivity index (χ1n) is 7.74. The lowest BCUT2D eigenvalue weighted by molar-refractivity contribution is 0.321. The van der Waals surface area contributed by atoms with Gasteiger partial charge >= 0.3 is 0 Å². The Bertz CT molecular complexity index is 511. The van der Waals surface area contributed by atoms with Crippen molar-refractivity contribution in [3.05, 3.63) is 23.8 Å². The number of rotatable bonds is 4. The predicted octanol–water partition coefficient (Wildman–Crippen LogP) is 0.687. The Labute approximate surface area is 126 Å². The Morgan fingerprint density at radius 1 is 1.43 bits per heavy atom. The van der Waals surface area contributed by atoms with Gasteiger partial charge in [-0.1, -0.05) is 0 Å². The summed E-state index contributed by atoms with van der Waals surface area (Å²) in [6, 6.07) is 3.29. The van der Waals surface area contributed by atoms with Crippen molar-refractivity contribution in [3.8, 4) is 0 Å². The van der Waals surface area contributed by atoms with Gasteiger partial charge in [0.2, 0.25) is 0 Å². The molecule has 1 aliphatic heterocycles. The highest BCUT2D eigenvalue weighted by Crippen LogP contribution is 2.29. The highest BCUT2D eigenvalue weighted by atomic mass is 15.3. The smallest absolute Gasteiger partial charge is 0.191 e. The monoisotopic (exact) mass is 288 g/mol. The van der Waals surface area contributed by atoms with Gasteiger partial charge < -0.3 is 10.6 Å². The Kier molecular flexibility index (Phi) is 4.34. The minimum Gasteiger partial charge on any atom is -0.352 e. The molecule has 2 heterocycles. The van der Waals surface area contributed by atoms with Crippen molar-refractivity contribution < 1.29 is 0 Å². The lowest BCUT2D eigenvalue weighted by atomic mass is 10.3. The Morgan fingerprint density at radius 3 is 3.00 bits per heavy atom. The third-order valence-electron chi connectivity index (χ3n) is 4.12. The predicted molar refractivity (Wildman–Crippen MR) is 83.1 cm³/mol. The van der Waals surface area contributed by atoms with Crippen LogP contribution in [0.1, 0.15) is 30.8 Å². The van der Waals surface area contributed by atoms with E-state index in [0.29, 0.717) is 12.6 Å². The lowest BCUT2D eigenvalue weighted by Crippen LogP contribution is -2.44. The molecule has 0 bridgehead atoms. The number of aryl methyl sites for hydroxylation is 1. The van der Waals surface area contributed by atoms with E-state index in [1.54, 1.807) is 6.20 Å². The molecule has 1 aromatic heterocycles. The number of guanidine groups is 1. The highest BCUT2D eigenvalue weighted by molar-refractivity contribution is 5.79. The van der Waals surface area contributed by atoms with Crippen LogP contribution in [-0.4, -0.2) is 53.0 Å². The summed E-state index contributed by atoms with van der Waals surface area (Å²) in [5.41, 5.74) is 0.983. The molecule has 1 aromatic rings. The molecule has 1 saturated heterocycles. The topological polar surface area (TPSA) is 65.4 Å². The largest absolute Gasteiger partial charge is 0.352 e. The van der Waals surface area contributed by atoms with Crippen molar-refractivity contribution in [3.63, 3.8) is 0 Å². The standard InChI is InChI=1S/C15H24N6/c1-11-17-7-5-12(19-11)9-18-15(16-2)20-13-6-8-21(10-13)14-3-4-14/h5,7,13-14H,3-4,6,8-10H2,1-2H3,(H2,16,18,20). The van der Waals surface area contributed by atoms with E-state index in [0.717, 1.165) is 30.1 Å². The van der Waals surface area contributed by atoms with E-state index in [-0.39, 0.29) is 0 Å². The van der Waals surface area contributed by atoms with Gasteiger partial charge in [-0.2, -0.15) is 0 Å². The number of hydrogen-bond donors (Lipinski definition) is 2. The maximum absolute atomic E-state index is 4.39. The normalized spacial score (nSPS) is 23.3. The van der Waals surface area contributed by atoms with Crippen LogP contribution in [0.25, 0.3) is 0 Å². The lowest BCUT2D eigenvalue weighted by Gasteiger charge is -2.18. The van der Waals surface area contributed by atoms with E-state index in [9.17, 15) is 0 Å². The van der Waals surface area contributed by atoms with Gasteiger partial charge in [0.1, 0.15) is 5.82 Å². The molecule has 0 spiro atoms. The quantitative estimate of drug-likeness (QED) is 0.630. The van der Waals surface area contributed by atoms with Gasteiger partial charge in [0.25, 0.3) is 0 Å². The minimum atomic E-state index is 0.504. The van der Waals surface area contributed by atoms with Gasteiger partial charge in [0, 0.05) is 38.4 Å². The van der Waals surface area contributed by atoms with E-state index in [2.05, 4.69) is 30.5 Å². The highest BCUT2D eigenvalue weighted by Gasteiger charge is 2.34. The minimum absolute atomic E-state index is 0.504. The second-order valence-corrected chi connectivity index (χ2v) is 5.88. The Hall–Kier alpha value is -1.69. The second kappa shape index (κ2) is 6.39. The van der Waals surface area contributed by atoms with Crippen LogP contribution in [0, 0.1) is 6.92 Å². The van der Waals surface area contributed by atoms with Crippen LogP contribution in [0.15, 0.2) is 17.3 Å². The zero-order valence-corrected chi connectivity index (χ0v) is 12.8. The number of aliphatic imine (C=N–C) groups is 1. The molecule has 2 fully saturated rings. The molecular formula is C15H24N6. The van der Waals surface area contributed by atoms with E-state index in [4.69, 9.17) is 0 Å². The molecule has 3 rings (SSSR count). The van der Waals surface area contributed by atoms with Crippen molar-refractivity contribution in [2.45, 2.75) is 44.8 Å². The van der Waals surface area contributed by atoms with Gasteiger partial charge in [-0.15, -0.1) is 0 Å². The fourth-order valence-electron chi connectivity index (χ4n) is 2.84. The van der Waals surface area contributed by atoms with Gasteiger partial charge in [-0.3, -0.25) is 9.89 Å². The zero-order valence-electron chi connectivity index (χ0n) is 12.8. The number of aromatic nitrogens is 2. The van der Waals surface area contributed by atoms with Crippen molar-refractivity contribution in [2.24, 2.45) is 4.99 Å². The van der Waals surface area contributed by atoms with Crippen molar-refractivity contribution in [2.75, 3.05) is 20.1 Å². The zero-order chi connectivity index (χ0) is 14.7. The molecular weight excluding hydrogens is 264 g/mol. The van der Waals surface area contributed by atoms with Gasteiger partial charge in [0.05, 0.1) is 12.2 Å². The van der Waals surface area contributed by atoms with Crippen LogP contribution < -0.4 is 10.6 Å². The maximum Gasteiger partial charge on any atom is 0.191 e. The van der Waals surface area contributed by atoms with Gasteiger partial charge in [-0.05, 0) is 32.3 Å². The van der Waals surface area contributed by atoms with Crippen LogP contribution in [0.3, 0.4) is 0 Å². The fourth-order valence-corrected chi connectivity index (χ4v) is 2.84. The molecule has 0 radical (unpaired) electrons. The van der Waals surface area contributed by atoms with E-state index >= 15 is 0 Å². The third kappa shape index (κ3) is 3.91. The average molecular weight is 288 g/mol. The van der Waals surface area contributed by atoms with Crippen LogP contribution in [-0.2, 0) is 6.54 Å². The molecule has 1 aliphatic carbocycles. The summed E-state index contributed by atoms with van der Waals surface area (Å²) in [5, 5.41) is 6.85. The second-order valence-electron chi connectivity index (χ2n) is 5.88. The molecule has 0 amide bonds. The number of nitrogens with one attached hydrogen (secondary N) is 2. The van der Waals surface area contributed by atoms with Gasteiger partial charge in [-0.25, -0.2) is 9.97 Å². The Morgan fingerprint density at radius 2 is 2.29 bits per heavy atom. The number of likely N-dealkylation sites (tertiary alicyclic amines) is 1. The van der Waals surface area contributed by atoms with E-state index < -0.39 is 0 Å². The first-order valence-corrected chi connectivity index (χ1v) is 7.74. The fraction of sp³-hybridized carbons (Fsp3) is 0.667. The SMILES string of the molecule is CN=C(NCc1ccnc(C)n1)NC1CCN(C2CC2)C1. The molecule has 1 atom stereocenters. The van der Waals surface area contributed by atoms with Crippen LogP contribution in [0.5, 0.6) is 0 Å². The molecule has 2 aliphatic rings. The summed E-state index contributed by atoms with van der Waals surface area (Å²) < 4.78 is 0. The Balaban J connectivity index is 1.47. The molecule has 114 valence electrons. The molecule has 2 N–H and O–H groups in total. The summed E-state index contributed by atoms with van der Waals surface area (Å²) in [6.45, 7) is 4.92. The first kappa shape index (κ1) is 14.3. The van der Waals surface area contributed by atoms with Crippen molar-refractivity contribution in [1.82, 2.24) is 25.5 Å². The van der Waals surface area contributed by atoms with Crippen LogP contribution in [0.4, 0.5) is 0 Å². The van der Waals surface area contributed by atoms with Crippen molar-refractivity contribution in [1.29, 1.82) is 0 Å². The summed E-state index contributed by atoms with van der Waals surface area (Å²) >= 11 is 0. The summed E-state index contributed by atoms with van der Waals surface area (Å²) in [5.74, 6) is 1.65. The number of nitrogens with zero attached hydrogens (tertiary/aromatic N) is 4. The summed E-state index contributed by atoms with van der Waals surface area (Å²) in [6.07, 6.45) is 5.75. The summed E-state index contributed by atoms with van der Waals surface area (Å²) in [7, 11) is 1.81. The maximum atomic E-state index is 4.39. The third-order valence-corrected chi connectivity index (χ3v) is 4.12. The molecule has 6 nitrogen and oxygen atoms in total. The van der Waals surface area contributed by atoms with E-state index in [1.807, 2.05) is 20.0 Å². The van der Waals surface area contributed by atoms with Gasteiger partial charge in [0.15, 0.2) is 5.96 Å². The number of hydrogen-bond acceptors (Lipinski definition) is 4.